The van der Waals surface area contributed by atoms with E-state index in [0.717, 1.165) is 10.1 Å². The fourth-order valence-corrected chi connectivity index (χ4v) is 2.57. The van der Waals surface area contributed by atoms with E-state index >= 15 is 0 Å². The van der Waals surface area contributed by atoms with E-state index in [9.17, 15) is 9.18 Å². The highest BCUT2D eigenvalue weighted by atomic mass is 35.5. The molecule has 2 nitrogen and oxygen atoms in total. The van der Waals surface area contributed by atoms with Gasteiger partial charge in [0.25, 0.3) is 5.91 Å². The molecule has 0 aliphatic carbocycles. The van der Waals surface area contributed by atoms with Crippen molar-refractivity contribution in [2.24, 2.45) is 0 Å². The molecule has 0 atom stereocenters. The number of hydrogen-bond acceptors (Lipinski definition) is 2. The van der Waals surface area contributed by atoms with E-state index in [2.05, 4.69) is 5.32 Å². The maximum absolute atomic E-state index is 13.1. The number of fused-ring (bicyclic) bond motifs is 1. The van der Waals surface area contributed by atoms with E-state index in [1.54, 1.807) is 12.1 Å². The summed E-state index contributed by atoms with van der Waals surface area (Å²) in [6.07, 6.45) is 0. The van der Waals surface area contributed by atoms with Gasteiger partial charge in [-0.3, -0.25) is 4.79 Å². The molecule has 1 amide bonds. The predicted molar refractivity (Wildman–Crippen MR) is 74.0 cm³/mol. The first kappa shape index (κ1) is 13.3. The van der Waals surface area contributed by atoms with Gasteiger partial charge in [0.05, 0.1) is 4.88 Å². The topological polar surface area (TPSA) is 29.1 Å². The highest BCUT2D eigenvalue weighted by Crippen LogP contribution is 2.26. The number of benzene rings is 1. The highest BCUT2D eigenvalue weighted by Gasteiger charge is 2.21. The van der Waals surface area contributed by atoms with Gasteiger partial charge in [0.15, 0.2) is 0 Å². The van der Waals surface area contributed by atoms with Crippen LogP contribution in [0.4, 0.5) is 4.39 Å². The molecule has 1 heterocycles. The monoisotopic (exact) mass is 285 g/mol. The summed E-state index contributed by atoms with van der Waals surface area (Å²) in [6.45, 7) is 3.70. The van der Waals surface area contributed by atoms with Gasteiger partial charge in [-0.1, -0.05) is 6.07 Å². The highest BCUT2D eigenvalue weighted by molar-refractivity contribution is 7.20. The zero-order valence-corrected chi connectivity index (χ0v) is 11.7. The Hall–Kier alpha value is -1.13. The Morgan fingerprint density at radius 3 is 2.83 bits per heavy atom. The Morgan fingerprint density at radius 1 is 1.44 bits per heavy atom. The molecule has 0 saturated carbocycles. The number of halogens is 2. The molecule has 5 heteroatoms. The van der Waals surface area contributed by atoms with Crippen LogP contribution in [-0.4, -0.2) is 17.3 Å². The van der Waals surface area contributed by atoms with Crippen LogP contribution >= 0.6 is 22.9 Å². The smallest absolute Gasteiger partial charge is 0.261 e. The second kappa shape index (κ2) is 4.86. The lowest BCUT2D eigenvalue weighted by Gasteiger charge is -2.22. The van der Waals surface area contributed by atoms with Crippen LogP contribution < -0.4 is 5.32 Å². The summed E-state index contributed by atoms with van der Waals surface area (Å²) in [4.78, 5) is 12.6. The molecule has 0 unspecified atom stereocenters. The molecular formula is C13H13ClFNOS. The number of carbonyl (C=O) groups excluding carboxylic acids is 1. The summed E-state index contributed by atoms with van der Waals surface area (Å²) in [7, 11) is 0. The lowest BCUT2D eigenvalue weighted by Crippen LogP contribution is -2.44. The lowest BCUT2D eigenvalue weighted by molar-refractivity contribution is 0.0924. The minimum atomic E-state index is -0.458. The first-order valence-corrected chi connectivity index (χ1v) is 6.84. The Bertz CT molecular complexity index is 594. The molecular weight excluding hydrogens is 273 g/mol. The maximum atomic E-state index is 13.1. The molecule has 0 saturated heterocycles. The van der Waals surface area contributed by atoms with Crippen molar-refractivity contribution >= 4 is 38.9 Å². The maximum Gasteiger partial charge on any atom is 0.261 e. The van der Waals surface area contributed by atoms with Crippen LogP contribution in [0.5, 0.6) is 0 Å². The van der Waals surface area contributed by atoms with Crippen LogP contribution in [0.25, 0.3) is 10.1 Å². The fourth-order valence-electron chi connectivity index (χ4n) is 1.52. The number of thiophene rings is 1. The standard InChI is InChI=1S/C13H13ClFNOS/c1-13(2,7-14)16-12(17)11-5-8-3-4-9(15)6-10(8)18-11/h3-6H,7H2,1-2H3,(H,16,17). The van der Waals surface area contributed by atoms with Crippen LogP contribution in [0.2, 0.25) is 0 Å². The van der Waals surface area contributed by atoms with Crippen molar-refractivity contribution in [2.75, 3.05) is 5.88 Å². The van der Waals surface area contributed by atoms with Crippen molar-refractivity contribution in [3.05, 3.63) is 35.0 Å². The second-order valence-electron chi connectivity index (χ2n) is 4.76. The Morgan fingerprint density at radius 2 is 2.17 bits per heavy atom. The van der Waals surface area contributed by atoms with E-state index in [4.69, 9.17) is 11.6 Å². The second-order valence-corrected chi connectivity index (χ2v) is 6.12. The quantitative estimate of drug-likeness (QED) is 0.854. The zero-order valence-electron chi connectivity index (χ0n) is 10.1. The van der Waals surface area contributed by atoms with Crippen LogP contribution in [-0.2, 0) is 0 Å². The van der Waals surface area contributed by atoms with Gasteiger partial charge in [0, 0.05) is 16.1 Å². The molecule has 0 radical (unpaired) electrons. The third-order valence-corrected chi connectivity index (χ3v) is 4.26. The van der Waals surface area contributed by atoms with E-state index in [0.29, 0.717) is 10.8 Å². The summed E-state index contributed by atoms with van der Waals surface area (Å²) in [5, 5.41) is 3.71. The van der Waals surface area contributed by atoms with Crippen LogP contribution in [0, 0.1) is 5.82 Å². The van der Waals surface area contributed by atoms with Crippen molar-refractivity contribution in [1.82, 2.24) is 5.32 Å². The van der Waals surface area contributed by atoms with Crippen molar-refractivity contribution in [3.8, 4) is 0 Å². The minimum absolute atomic E-state index is 0.178. The van der Waals surface area contributed by atoms with E-state index in [1.165, 1.54) is 23.5 Å². The van der Waals surface area contributed by atoms with Gasteiger partial charge >= 0.3 is 0 Å². The molecule has 0 fully saturated rings. The largest absolute Gasteiger partial charge is 0.345 e. The number of amides is 1. The summed E-state index contributed by atoms with van der Waals surface area (Å²) >= 11 is 7.04. The Labute approximate surface area is 114 Å². The average molecular weight is 286 g/mol. The molecule has 96 valence electrons. The van der Waals surface area contributed by atoms with Crippen molar-refractivity contribution in [2.45, 2.75) is 19.4 Å². The summed E-state index contributed by atoms with van der Waals surface area (Å²) in [5.41, 5.74) is -0.458. The van der Waals surface area contributed by atoms with Crippen LogP contribution in [0.15, 0.2) is 24.3 Å². The first-order chi connectivity index (χ1) is 8.41. The van der Waals surface area contributed by atoms with Crippen LogP contribution in [0.1, 0.15) is 23.5 Å². The summed E-state index contributed by atoms with van der Waals surface area (Å²) < 4.78 is 13.8. The average Bonchev–Trinajstić information content (AvgIpc) is 2.71. The van der Waals surface area contributed by atoms with E-state index in [1.807, 2.05) is 13.8 Å². The molecule has 1 aromatic carbocycles. The number of nitrogens with one attached hydrogen (secondary N) is 1. The zero-order chi connectivity index (χ0) is 13.3. The normalized spacial score (nSPS) is 11.8. The molecule has 0 aliphatic rings. The van der Waals surface area contributed by atoms with Gasteiger partial charge in [-0.25, -0.2) is 4.39 Å². The first-order valence-electron chi connectivity index (χ1n) is 5.49. The molecule has 0 spiro atoms. The van der Waals surface area contributed by atoms with Gasteiger partial charge in [0.2, 0.25) is 0 Å². The minimum Gasteiger partial charge on any atom is -0.345 e. The van der Waals surface area contributed by atoms with E-state index in [-0.39, 0.29) is 11.7 Å². The van der Waals surface area contributed by atoms with Crippen LogP contribution in [0.3, 0.4) is 0 Å². The molecule has 1 N–H and O–H groups in total. The Balaban J connectivity index is 2.28. The third-order valence-electron chi connectivity index (χ3n) is 2.49. The van der Waals surface area contributed by atoms with Gasteiger partial charge in [0.1, 0.15) is 5.82 Å². The number of rotatable bonds is 3. The summed E-state index contributed by atoms with van der Waals surface area (Å²) in [5.74, 6) is -0.141. The van der Waals surface area contributed by atoms with Gasteiger partial charge in [-0.2, -0.15) is 0 Å². The van der Waals surface area contributed by atoms with Gasteiger partial charge < -0.3 is 5.32 Å². The van der Waals surface area contributed by atoms with Crippen molar-refractivity contribution in [1.29, 1.82) is 0 Å². The molecule has 0 bridgehead atoms. The number of hydrogen-bond donors (Lipinski definition) is 1. The van der Waals surface area contributed by atoms with Crippen molar-refractivity contribution in [3.63, 3.8) is 0 Å². The number of alkyl halides is 1. The Kier molecular flexibility index (Phi) is 3.59. The van der Waals surface area contributed by atoms with Crippen molar-refractivity contribution < 1.29 is 9.18 Å². The summed E-state index contributed by atoms with van der Waals surface area (Å²) in [6, 6.07) is 6.26. The molecule has 2 aromatic rings. The SMILES string of the molecule is CC(C)(CCl)NC(=O)c1cc2ccc(F)cc2s1. The molecule has 18 heavy (non-hydrogen) atoms. The van der Waals surface area contributed by atoms with Gasteiger partial charge in [-0.05, 0) is 37.4 Å². The third kappa shape index (κ3) is 2.82. The fraction of sp³-hybridized carbons (Fsp3) is 0.308. The van der Waals surface area contributed by atoms with E-state index < -0.39 is 5.54 Å². The lowest BCUT2D eigenvalue weighted by atomic mass is 10.1. The number of carbonyl (C=O) groups is 1. The molecule has 2 rings (SSSR count). The molecule has 1 aromatic heterocycles. The molecule has 0 aliphatic heterocycles. The van der Waals surface area contributed by atoms with Gasteiger partial charge in [-0.15, -0.1) is 22.9 Å². The predicted octanol–water partition coefficient (Wildman–Crippen LogP) is 3.79.